The third-order valence-corrected chi connectivity index (χ3v) is 6.99. The average Bonchev–Trinajstić information content (AvgIpc) is 3.31. The zero-order valence-corrected chi connectivity index (χ0v) is 20.9. The van der Waals surface area contributed by atoms with Gasteiger partial charge in [-0.2, -0.15) is 0 Å². The molecule has 8 heteroatoms. The quantitative estimate of drug-likeness (QED) is 0.337. The van der Waals surface area contributed by atoms with Gasteiger partial charge in [0.1, 0.15) is 17.8 Å². The maximum Gasteiger partial charge on any atom is 0.267 e. The molecule has 188 valence electrons. The van der Waals surface area contributed by atoms with E-state index in [1.165, 1.54) is 0 Å². The van der Waals surface area contributed by atoms with Crippen molar-refractivity contribution in [3.05, 3.63) is 106 Å². The Kier molecular flexibility index (Phi) is 5.73. The fraction of sp³-hybridized carbons (Fsp3) is 0.133. The molecule has 0 fully saturated rings. The predicted octanol–water partition coefficient (Wildman–Crippen LogP) is 4.41. The van der Waals surface area contributed by atoms with Crippen molar-refractivity contribution in [3.63, 3.8) is 0 Å². The second-order valence-corrected chi connectivity index (χ2v) is 9.17. The van der Waals surface area contributed by atoms with Crippen LogP contribution in [0.25, 0.3) is 38.8 Å². The van der Waals surface area contributed by atoms with Gasteiger partial charge in [-0.1, -0.05) is 30.3 Å². The first kappa shape index (κ1) is 23.6. The summed E-state index contributed by atoms with van der Waals surface area (Å²) in [5.74, 6) is 0.102. The summed E-state index contributed by atoms with van der Waals surface area (Å²) in [6, 6.07) is 18.9. The highest BCUT2D eigenvalue weighted by atomic mass is 16.7. The van der Waals surface area contributed by atoms with Gasteiger partial charge in [0.15, 0.2) is 6.79 Å². The fourth-order valence-electron chi connectivity index (χ4n) is 5.23. The lowest BCUT2D eigenvalue weighted by Gasteiger charge is -2.17. The van der Waals surface area contributed by atoms with Crippen molar-refractivity contribution >= 4 is 16.8 Å². The molecule has 1 aliphatic carbocycles. The molecule has 0 atom stereocenters. The molecule has 2 N–H and O–H groups in total. The number of carbonyl (C=O) groups excluding carboxylic acids is 1. The molecule has 3 aromatic carbocycles. The van der Waals surface area contributed by atoms with Crippen LogP contribution in [0, 0.1) is 6.92 Å². The Morgan fingerprint density at radius 1 is 1.03 bits per heavy atom. The normalized spacial score (nSPS) is 11.8. The van der Waals surface area contributed by atoms with Gasteiger partial charge in [-0.15, -0.1) is 0 Å². The summed E-state index contributed by atoms with van der Waals surface area (Å²) in [5, 5.41) is 0.550. The standard InChI is InChI=1S/C30H24N4O4/c1-17-20(7-5-9-26(17)34-15-33-25-8-4-3-6-22(25)30(34)36)24-14-32-28(29(31)35)23-13-18-12-19(38-16-37-2)10-11-21(18)27(23)24/h3-12,14-15H,13,16H2,1-2H3,(H2,31,35). The number of primary amides is 1. The Morgan fingerprint density at radius 2 is 1.87 bits per heavy atom. The topological polar surface area (TPSA) is 109 Å². The number of hydrogen-bond acceptors (Lipinski definition) is 6. The molecule has 5 aromatic rings. The van der Waals surface area contributed by atoms with Gasteiger partial charge in [0.05, 0.1) is 16.6 Å². The second kappa shape index (κ2) is 9.24. The number of benzene rings is 3. The number of fused-ring (bicyclic) bond motifs is 4. The minimum absolute atomic E-state index is 0.139. The molecular formula is C30H24N4O4. The van der Waals surface area contributed by atoms with Crippen LogP contribution in [0.4, 0.5) is 0 Å². The average molecular weight is 505 g/mol. The van der Waals surface area contributed by atoms with Gasteiger partial charge in [0, 0.05) is 25.3 Å². The third-order valence-electron chi connectivity index (χ3n) is 6.99. The number of methoxy groups -OCH3 is 1. The highest BCUT2D eigenvalue weighted by molar-refractivity contribution is 6.00. The van der Waals surface area contributed by atoms with Gasteiger partial charge in [-0.25, -0.2) is 4.98 Å². The molecule has 0 saturated carbocycles. The number of hydrogen-bond donors (Lipinski definition) is 1. The lowest BCUT2D eigenvalue weighted by molar-refractivity contribution is 0.0511. The molecule has 0 spiro atoms. The van der Waals surface area contributed by atoms with Crippen LogP contribution in [0.5, 0.6) is 5.75 Å². The summed E-state index contributed by atoms with van der Waals surface area (Å²) >= 11 is 0. The minimum Gasteiger partial charge on any atom is -0.468 e. The van der Waals surface area contributed by atoms with E-state index in [2.05, 4.69) is 9.97 Å². The summed E-state index contributed by atoms with van der Waals surface area (Å²) in [4.78, 5) is 34.6. The van der Waals surface area contributed by atoms with E-state index in [9.17, 15) is 9.59 Å². The summed E-state index contributed by atoms with van der Waals surface area (Å²) in [6.07, 6.45) is 3.75. The third kappa shape index (κ3) is 3.74. The van der Waals surface area contributed by atoms with Crippen molar-refractivity contribution in [3.8, 4) is 33.7 Å². The zero-order chi connectivity index (χ0) is 26.4. The molecular weight excluding hydrogens is 480 g/mol. The van der Waals surface area contributed by atoms with Crippen LogP contribution < -0.4 is 16.0 Å². The number of ether oxygens (including phenoxy) is 2. The lowest BCUT2D eigenvalue weighted by atomic mass is 9.92. The molecule has 2 aromatic heterocycles. The van der Waals surface area contributed by atoms with Crippen LogP contribution >= 0.6 is 0 Å². The van der Waals surface area contributed by atoms with Gasteiger partial charge in [0.25, 0.3) is 11.5 Å². The molecule has 0 unspecified atom stereocenters. The van der Waals surface area contributed by atoms with Gasteiger partial charge in [-0.05, 0) is 70.6 Å². The van der Waals surface area contributed by atoms with Crippen molar-refractivity contribution < 1.29 is 14.3 Å². The second-order valence-electron chi connectivity index (χ2n) is 9.17. The Bertz CT molecular complexity index is 1810. The molecule has 8 nitrogen and oxygen atoms in total. The van der Waals surface area contributed by atoms with Crippen LogP contribution in [0.3, 0.4) is 0 Å². The van der Waals surface area contributed by atoms with Crippen LogP contribution in [0.2, 0.25) is 0 Å². The van der Waals surface area contributed by atoms with E-state index in [-0.39, 0.29) is 18.0 Å². The number of aromatic nitrogens is 3. The van der Waals surface area contributed by atoms with Crippen molar-refractivity contribution in [2.24, 2.45) is 5.73 Å². The molecule has 0 radical (unpaired) electrons. The molecule has 1 amide bonds. The Labute approximate surface area is 218 Å². The largest absolute Gasteiger partial charge is 0.468 e. The maximum atomic E-state index is 13.3. The van der Waals surface area contributed by atoms with Crippen molar-refractivity contribution in [1.82, 2.24) is 14.5 Å². The molecule has 6 rings (SSSR count). The molecule has 0 bridgehead atoms. The number of para-hydroxylation sites is 1. The van der Waals surface area contributed by atoms with E-state index >= 15 is 0 Å². The fourth-order valence-corrected chi connectivity index (χ4v) is 5.23. The zero-order valence-electron chi connectivity index (χ0n) is 20.9. The summed E-state index contributed by atoms with van der Waals surface area (Å²) in [6.45, 7) is 2.11. The van der Waals surface area contributed by atoms with Gasteiger partial charge in [-0.3, -0.25) is 19.1 Å². The van der Waals surface area contributed by atoms with Gasteiger partial charge in [0.2, 0.25) is 0 Å². The van der Waals surface area contributed by atoms with Crippen LogP contribution in [-0.2, 0) is 11.2 Å². The maximum absolute atomic E-state index is 13.3. The van der Waals surface area contributed by atoms with E-state index in [1.807, 2.05) is 61.5 Å². The van der Waals surface area contributed by atoms with E-state index < -0.39 is 5.91 Å². The molecule has 1 aliphatic rings. The Morgan fingerprint density at radius 3 is 2.68 bits per heavy atom. The predicted molar refractivity (Wildman–Crippen MR) is 145 cm³/mol. The number of carbonyl (C=O) groups is 1. The van der Waals surface area contributed by atoms with E-state index in [0.717, 1.165) is 44.6 Å². The van der Waals surface area contributed by atoms with Crippen molar-refractivity contribution in [2.75, 3.05) is 13.9 Å². The SMILES string of the molecule is COCOc1ccc2c(c1)Cc1c(C(N)=O)ncc(-c3cccc(-n4cnc5ccccc5c4=O)c3C)c1-2. The number of rotatable bonds is 6. The smallest absolute Gasteiger partial charge is 0.267 e. The Balaban J connectivity index is 1.54. The first-order chi connectivity index (χ1) is 18.5. The van der Waals surface area contributed by atoms with Crippen LogP contribution in [0.1, 0.15) is 27.2 Å². The van der Waals surface area contributed by atoms with E-state index in [1.54, 1.807) is 30.3 Å². The van der Waals surface area contributed by atoms with E-state index in [0.29, 0.717) is 23.1 Å². The van der Waals surface area contributed by atoms with Gasteiger partial charge >= 0.3 is 0 Å². The summed E-state index contributed by atoms with van der Waals surface area (Å²) in [5.41, 5.74) is 13.5. The first-order valence-corrected chi connectivity index (χ1v) is 12.1. The number of nitrogens with zero attached hydrogens (tertiary/aromatic N) is 3. The number of nitrogens with two attached hydrogens (primary N) is 1. The number of amides is 1. The monoisotopic (exact) mass is 504 g/mol. The first-order valence-electron chi connectivity index (χ1n) is 12.1. The molecule has 2 heterocycles. The summed E-state index contributed by atoms with van der Waals surface area (Å²) < 4.78 is 12.2. The summed E-state index contributed by atoms with van der Waals surface area (Å²) in [7, 11) is 1.57. The highest BCUT2D eigenvalue weighted by Crippen LogP contribution is 2.45. The van der Waals surface area contributed by atoms with Crippen molar-refractivity contribution in [2.45, 2.75) is 13.3 Å². The molecule has 38 heavy (non-hydrogen) atoms. The lowest BCUT2D eigenvalue weighted by Crippen LogP contribution is -2.19. The van der Waals surface area contributed by atoms with Crippen molar-refractivity contribution in [1.29, 1.82) is 0 Å². The highest BCUT2D eigenvalue weighted by Gasteiger charge is 2.28. The van der Waals surface area contributed by atoms with Gasteiger partial charge < -0.3 is 15.2 Å². The van der Waals surface area contributed by atoms with E-state index in [4.69, 9.17) is 15.2 Å². The van der Waals surface area contributed by atoms with Crippen LogP contribution in [0.15, 0.2) is 78.0 Å². The minimum atomic E-state index is -0.573. The molecule has 0 saturated heterocycles. The Hall–Kier alpha value is -4.82. The van der Waals surface area contributed by atoms with Crippen LogP contribution in [-0.4, -0.2) is 34.3 Å². The number of pyridine rings is 1. The molecule has 0 aliphatic heterocycles.